The molecule has 0 radical (unpaired) electrons. The molecule has 1 aromatic carbocycles. The number of piperidine rings is 1. The zero-order valence-electron chi connectivity index (χ0n) is 11.8. The van der Waals surface area contributed by atoms with Crippen molar-refractivity contribution in [3.63, 3.8) is 0 Å². The molecule has 1 atom stereocenters. The maximum absolute atomic E-state index is 13.3. The summed E-state index contributed by atoms with van der Waals surface area (Å²) in [5.41, 5.74) is 0. The topological polar surface area (TPSA) is 32.7 Å². The molecule has 1 aliphatic rings. The third-order valence-corrected chi connectivity index (χ3v) is 3.61. The molecular formula is C15H23ClFNO2. The quantitative estimate of drug-likeness (QED) is 0.908. The summed E-state index contributed by atoms with van der Waals surface area (Å²) in [5.74, 6) is 0.596. The van der Waals surface area contributed by atoms with Crippen molar-refractivity contribution in [3.05, 3.63) is 30.1 Å². The van der Waals surface area contributed by atoms with E-state index in [1.807, 2.05) is 0 Å². The van der Waals surface area contributed by atoms with Gasteiger partial charge in [-0.25, -0.2) is 4.39 Å². The van der Waals surface area contributed by atoms with Crippen LogP contribution in [0.1, 0.15) is 19.8 Å². The van der Waals surface area contributed by atoms with Gasteiger partial charge in [-0.05, 0) is 44.0 Å². The molecule has 5 heteroatoms. The average molecular weight is 304 g/mol. The van der Waals surface area contributed by atoms with Crippen LogP contribution in [0.25, 0.3) is 0 Å². The van der Waals surface area contributed by atoms with Crippen molar-refractivity contribution >= 4 is 12.4 Å². The van der Waals surface area contributed by atoms with Crippen molar-refractivity contribution in [3.8, 4) is 5.75 Å². The molecule has 20 heavy (non-hydrogen) atoms. The van der Waals surface area contributed by atoms with Crippen molar-refractivity contribution in [2.45, 2.75) is 25.9 Å². The van der Waals surface area contributed by atoms with E-state index in [0.29, 0.717) is 6.54 Å². The van der Waals surface area contributed by atoms with Gasteiger partial charge in [-0.2, -0.15) is 0 Å². The van der Waals surface area contributed by atoms with Crippen LogP contribution in [0.2, 0.25) is 0 Å². The lowest BCUT2D eigenvalue weighted by Gasteiger charge is -2.31. The Bertz CT molecular complexity index is 397. The number of hydrogen-bond donors (Lipinski definition) is 1. The molecule has 0 bridgehead atoms. The van der Waals surface area contributed by atoms with Crippen molar-refractivity contribution < 1.29 is 14.2 Å². The Morgan fingerprint density at radius 1 is 1.35 bits per heavy atom. The molecule has 1 fully saturated rings. The highest BCUT2D eigenvalue weighted by Gasteiger charge is 2.18. The van der Waals surface area contributed by atoms with Crippen LogP contribution < -0.4 is 4.74 Å². The second-order valence-corrected chi connectivity index (χ2v) is 5.38. The second kappa shape index (κ2) is 8.45. The summed E-state index contributed by atoms with van der Waals surface area (Å²) >= 11 is 0. The van der Waals surface area contributed by atoms with Crippen LogP contribution in [0.5, 0.6) is 5.75 Å². The van der Waals surface area contributed by atoms with Gasteiger partial charge in [0, 0.05) is 6.54 Å². The fraction of sp³-hybridized carbons (Fsp3) is 0.600. The number of para-hydroxylation sites is 1. The number of aliphatic hydroxyl groups is 1. The van der Waals surface area contributed by atoms with E-state index in [1.165, 1.54) is 18.9 Å². The summed E-state index contributed by atoms with van der Waals surface area (Å²) in [7, 11) is 0. The molecule has 0 aromatic heterocycles. The number of β-amino-alcohol motifs (C(OH)–C–C–N with tert-alkyl or cyclic N) is 1. The summed E-state index contributed by atoms with van der Waals surface area (Å²) in [6.45, 7) is 5.04. The highest BCUT2D eigenvalue weighted by Crippen LogP contribution is 2.17. The smallest absolute Gasteiger partial charge is 0.165 e. The monoisotopic (exact) mass is 303 g/mol. The Morgan fingerprint density at radius 2 is 2.00 bits per heavy atom. The highest BCUT2D eigenvalue weighted by molar-refractivity contribution is 5.85. The van der Waals surface area contributed by atoms with Gasteiger partial charge in [0.05, 0.1) is 0 Å². The number of aliphatic hydroxyl groups excluding tert-OH is 1. The van der Waals surface area contributed by atoms with E-state index in [4.69, 9.17) is 4.74 Å². The number of nitrogens with zero attached hydrogens (tertiary/aromatic N) is 1. The van der Waals surface area contributed by atoms with Gasteiger partial charge < -0.3 is 14.7 Å². The molecule has 1 aromatic rings. The van der Waals surface area contributed by atoms with E-state index in [2.05, 4.69) is 11.8 Å². The van der Waals surface area contributed by atoms with Crippen LogP contribution >= 0.6 is 12.4 Å². The van der Waals surface area contributed by atoms with Gasteiger partial charge >= 0.3 is 0 Å². The first-order chi connectivity index (χ1) is 9.15. The zero-order chi connectivity index (χ0) is 13.7. The molecule has 0 aliphatic carbocycles. The lowest BCUT2D eigenvalue weighted by atomic mass is 9.99. The summed E-state index contributed by atoms with van der Waals surface area (Å²) in [4.78, 5) is 2.25. The van der Waals surface area contributed by atoms with Gasteiger partial charge in [-0.15, -0.1) is 12.4 Å². The number of ether oxygens (including phenoxy) is 1. The number of halogens is 2. The van der Waals surface area contributed by atoms with Crippen LogP contribution in [-0.4, -0.2) is 42.4 Å². The Balaban J connectivity index is 0.00000200. The lowest BCUT2D eigenvalue weighted by Crippen LogP contribution is -2.40. The minimum Gasteiger partial charge on any atom is -0.488 e. The Labute approximate surface area is 126 Å². The average Bonchev–Trinajstić information content (AvgIpc) is 2.40. The van der Waals surface area contributed by atoms with E-state index in [1.54, 1.807) is 18.2 Å². The van der Waals surface area contributed by atoms with Crippen LogP contribution in [0, 0.1) is 11.7 Å². The fourth-order valence-corrected chi connectivity index (χ4v) is 2.34. The first kappa shape index (κ1) is 17.2. The van der Waals surface area contributed by atoms with Crippen LogP contribution in [0.4, 0.5) is 4.39 Å². The SMILES string of the molecule is CC1CCN(CC(O)COc2ccccc2F)CC1.Cl. The molecule has 1 heterocycles. The largest absolute Gasteiger partial charge is 0.488 e. The van der Waals surface area contributed by atoms with Crippen LogP contribution in [0.15, 0.2) is 24.3 Å². The first-order valence-corrected chi connectivity index (χ1v) is 6.93. The predicted octanol–water partition coefficient (Wildman–Crippen LogP) is 2.72. The van der Waals surface area contributed by atoms with Gasteiger partial charge in [0.15, 0.2) is 11.6 Å². The van der Waals surface area contributed by atoms with E-state index in [-0.39, 0.29) is 30.6 Å². The van der Waals surface area contributed by atoms with E-state index in [0.717, 1.165) is 19.0 Å². The third-order valence-electron chi connectivity index (χ3n) is 3.61. The summed E-state index contributed by atoms with van der Waals surface area (Å²) in [5, 5.41) is 9.93. The van der Waals surface area contributed by atoms with Gasteiger partial charge in [-0.3, -0.25) is 0 Å². The molecule has 0 amide bonds. The maximum Gasteiger partial charge on any atom is 0.165 e. The molecule has 0 spiro atoms. The maximum atomic E-state index is 13.3. The Kier molecular flexibility index (Phi) is 7.27. The zero-order valence-corrected chi connectivity index (χ0v) is 12.6. The molecule has 1 saturated heterocycles. The second-order valence-electron chi connectivity index (χ2n) is 5.38. The van der Waals surface area contributed by atoms with Crippen molar-refractivity contribution in [1.82, 2.24) is 4.90 Å². The minimum absolute atomic E-state index is 0. The number of likely N-dealkylation sites (tertiary alicyclic amines) is 1. The van der Waals surface area contributed by atoms with Crippen molar-refractivity contribution in [2.24, 2.45) is 5.92 Å². The molecule has 0 saturated carbocycles. The van der Waals surface area contributed by atoms with Crippen molar-refractivity contribution in [1.29, 1.82) is 0 Å². The van der Waals surface area contributed by atoms with Gasteiger partial charge in [-0.1, -0.05) is 19.1 Å². The third kappa shape index (κ3) is 5.27. The molecule has 1 unspecified atom stereocenters. The lowest BCUT2D eigenvalue weighted by molar-refractivity contribution is 0.0551. The number of rotatable bonds is 5. The normalized spacial score (nSPS) is 18.4. The standard InChI is InChI=1S/C15H22FNO2.ClH/c1-12-6-8-17(9-7-12)10-13(18)11-19-15-5-3-2-4-14(15)16;/h2-5,12-13,18H,6-11H2,1H3;1H. The molecule has 2 rings (SSSR count). The van der Waals surface area contributed by atoms with Crippen molar-refractivity contribution in [2.75, 3.05) is 26.2 Å². The number of hydrogen-bond acceptors (Lipinski definition) is 3. The van der Waals surface area contributed by atoms with Gasteiger partial charge in [0.25, 0.3) is 0 Å². The Hall–Kier alpha value is -0.840. The van der Waals surface area contributed by atoms with E-state index < -0.39 is 6.10 Å². The molecule has 3 nitrogen and oxygen atoms in total. The molecule has 1 N–H and O–H groups in total. The predicted molar refractivity (Wildman–Crippen MR) is 80.0 cm³/mol. The molecular weight excluding hydrogens is 281 g/mol. The highest BCUT2D eigenvalue weighted by atomic mass is 35.5. The van der Waals surface area contributed by atoms with E-state index >= 15 is 0 Å². The van der Waals surface area contributed by atoms with Gasteiger partial charge in [0.2, 0.25) is 0 Å². The minimum atomic E-state index is -0.576. The van der Waals surface area contributed by atoms with Gasteiger partial charge in [0.1, 0.15) is 12.7 Å². The fourth-order valence-electron chi connectivity index (χ4n) is 2.34. The van der Waals surface area contributed by atoms with E-state index in [9.17, 15) is 9.50 Å². The van der Waals surface area contributed by atoms with Crippen LogP contribution in [-0.2, 0) is 0 Å². The number of benzene rings is 1. The summed E-state index contributed by atoms with van der Waals surface area (Å²) < 4.78 is 18.6. The first-order valence-electron chi connectivity index (χ1n) is 6.93. The Morgan fingerprint density at radius 3 is 2.65 bits per heavy atom. The molecule has 1 aliphatic heterocycles. The molecule has 114 valence electrons. The van der Waals surface area contributed by atoms with Crippen LogP contribution in [0.3, 0.4) is 0 Å². The summed E-state index contributed by atoms with van der Waals surface area (Å²) in [6.07, 6.45) is 1.79. The summed E-state index contributed by atoms with van der Waals surface area (Å²) in [6, 6.07) is 6.27.